The zero-order valence-corrected chi connectivity index (χ0v) is 32.1. The van der Waals surface area contributed by atoms with Crippen LogP contribution in [0.25, 0.3) is 16.9 Å². The Kier molecular flexibility index (Phi) is 14.5. The molecule has 3 rings (SSSR count). The average Bonchev–Trinajstić information content (AvgIpc) is 3.39. The molecule has 15 heteroatoms. The van der Waals surface area contributed by atoms with E-state index in [1.54, 1.807) is 38.6 Å². The number of aryl methyl sites for hydroxylation is 1. The van der Waals surface area contributed by atoms with Gasteiger partial charge in [0.05, 0.1) is 55.3 Å². The SMILES string of the molecule is CCN(C(C)c1cc(-c2cc(OCCCCCC(CCC(F)(F)F)N[S@@+]([O-])C(C)(C)C)c3nc(C)cn3n2)c(OC)cn1)[S@@+]([O-])C(C)(C)C. The summed E-state index contributed by atoms with van der Waals surface area (Å²) in [7, 11) is 1.57. The monoisotopic (exact) mass is 730 g/mol. The molecule has 0 spiro atoms. The number of unbranched alkanes of at least 4 members (excludes halogenated alkanes) is 2. The number of rotatable bonds is 17. The molecule has 0 saturated heterocycles. The van der Waals surface area contributed by atoms with Gasteiger partial charge in [0.25, 0.3) is 0 Å². The molecule has 3 aromatic rings. The van der Waals surface area contributed by atoms with Gasteiger partial charge in [0, 0.05) is 47.3 Å². The summed E-state index contributed by atoms with van der Waals surface area (Å²) in [6.45, 7) is 18.0. The molecule has 0 aliphatic heterocycles. The number of hydrogen-bond donors (Lipinski definition) is 1. The summed E-state index contributed by atoms with van der Waals surface area (Å²) in [5.74, 6) is 1.05. The Labute approximate surface area is 295 Å². The third-order valence-corrected chi connectivity index (χ3v) is 11.6. The zero-order valence-electron chi connectivity index (χ0n) is 30.4. The predicted octanol–water partition coefficient (Wildman–Crippen LogP) is 7.66. The van der Waals surface area contributed by atoms with Crippen LogP contribution in [0.15, 0.2) is 24.5 Å². The molecule has 0 fully saturated rings. The third-order valence-electron chi connectivity index (χ3n) is 7.87. The molecule has 0 bridgehead atoms. The van der Waals surface area contributed by atoms with Gasteiger partial charge in [0.15, 0.2) is 11.4 Å². The normalized spacial score (nSPS) is 15.4. The summed E-state index contributed by atoms with van der Waals surface area (Å²) in [4.78, 5) is 9.24. The fourth-order valence-electron chi connectivity index (χ4n) is 5.17. The van der Waals surface area contributed by atoms with Crippen LogP contribution in [-0.4, -0.2) is 75.0 Å². The molecule has 276 valence electrons. The first-order valence-electron chi connectivity index (χ1n) is 16.7. The molecule has 0 aliphatic rings. The highest BCUT2D eigenvalue weighted by Crippen LogP contribution is 2.36. The van der Waals surface area contributed by atoms with Crippen LogP contribution in [0.5, 0.6) is 11.5 Å². The van der Waals surface area contributed by atoms with Crippen molar-refractivity contribution in [3.05, 3.63) is 35.9 Å². The van der Waals surface area contributed by atoms with Crippen molar-refractivity contribution in [1.82, 2.24) is 28.6 Å². The lowest BCUT2D eigenvalue weighted by Crippen LogP contribution is -2.45. The second kappa shape index (κ2) is 17.3. The molecule has 0 saturated carbocycles. The fourth-order valence-corrected chi connectivity index (χ4v) is 7.39. The van der Waals surface area contributed by atoms with Crippen LogP contribution in [0.1, 0.15) is 111 Å². The molecule has 0 amide bonds. The molecule has 49 heavy (non-hydrogen) atoms. The van der Waals surface area contributed by atoms with E-state index in [0.29, 0.717) is 60.8 Å². The quantitative estimate of drug-likeness (QED) is 0.110. The van der Waals surface area contributed by atoms with E-state index in [1.807, 2.05) is 64.2 Å². The van der Waals surface area contributed by atoms with Gasteiger partial charge >= 0.3 is 6.18 Å². The van der Waals surface area contributed by atoms with E-state index >= 15 is 0 Å². The van der Waals surface area contributed by atoms with Crippen LogP contribution >= 0.6 is 0 Å². The van der Waals surface area contributed by atoms with Crippen LogP contribution in [0.2, 0.25) is 0 Å². The average molecular weight is 731 g/mol. The lowest BCUT2D eigenvalue weighted by atomic mass is 10.0. The molecule has 4 atom stereocenters. The molecule has 3 aromatic heterocycles. The number of imidazole rings is 1. The number of ether oxygens (including phenoxy) is 2. The van der Waals surface area contributed by atoms with Crippen molar-refractivity contribution in [1.29, 1.82) is 0 Å². The summed E-state index contributed by atoms with van der Waals surface area (Å²) in [5, 5.41) is 4.81. The van der Waals surface area contributed by atoms with Crippen LogP contribution in [0, 0.1) is 6.92 Å². The highest BCUT2D eigenvalue weighted by atomic mass is 32.2. The summed E-state index contributed by atoms with van der Waals surface area (Å²) < 4.78 is 82.1. The van der Waals surface area contributed by atoms with E-state index in [9.17, 15) is 22.3 Å². The molecule has 10 nitrogen and oxygen atoms in total. The Hall–Kier alpha value is -2.30. The molecular weight excluding hydrogens is 678 g/mol. The summed E-state index contributed by atoms with van der Waals surface area (Å²) in [6.07, 6.45) is 0.662. The summed E-state index contributed by atoms with van der Waals surface area (Å²) in [6, 6.07) is 2.97. The first-order valence-corrected chi connectivity index (χ1v) is 19.0. The smallest absolute Gasteiger partial charge is 0.389 e. The molecule has 0 aromatic carbocycles. The van der Waals surface area contributed by atoms with Gasteiger partial charge in [-0.1, -0.05) is 12.8 Å². The summed E-state index contributed by atoms with van der Waals surface area (Å²) >= 11 is -2.71. The Morgan fingerprint density at radius 1 is 1.00 bits per heavy atom. The third kappa shape index (κ3) is 11.9. The number of nitrogens with one attached hydrogen (secondary N) is 1. The lowest BCUT2D eigenvalue weighted by Gasteiger charge is -2.35. The van der Waals surface area contributed by atoms with Crippen molar-refractivity contribution >= 4 is 28.4 Å². The van der Waals surface area contributed by atoms with E-state index in [-0.39, 0.29) is 12.5 Å². The molecule has 0 radical (unpaired) electrons. The number of pyridine rings is 1. The Morgan fingerprint density at radius 3 is 2.29 bits per heavy atom. The van der Waals surface area contributed by atoms with Crippen molar-refractivity contribution < 1.29 is 31.8 Å². The van der Waals surface area contributed by atoms with Gasteiger partial charge < -0.3 is 18.6 Å². The minimum Gasteiger partial charge on any atom is -0.598 e. The number of aromatic nitrogens is 4. The summed E-state index contributed by atoms with van der Waals surface area (Å²) in [5.41, 5.74) is 3.31. The lowest BCUT2D eigenvalue weighted by molar-refractivity contribution is -0.136. The highest BCUT2D eigenvalue weighted by Gasteiger charge is 2.37. The maximum Gasteiger partial charge on any atom is 0.389 e. The first kappa shape index (κ1) is 41.1. The van der Waals surface area contributed by atoms with Crippen molar-refractivity contribution in [3.8, 4) is 22.8 Å². The standard InChI is InChI=1S/C34H53F3N6O4S2/c1-11-43(49(45)33(7,8)9)24(3)27-19-26(30(46-10)21-38-27)28-20-29(31-39-23(2)22-42(31)40-28)47-18-14-12-13-15-25(16-17-34(35,36)37)41-48(44)32(4,5)6/h19-22,24-25,41H,11-18H2,1-10H3/t24?,25?,48-,49-/m0/s1. The molecule has 0 aliphatic carbocycles. The Morgan fingerprint density at radius 2 is 1.69 bits per heavy atom. The number of nitrogens with zero attached hydrogens (tertiary/aromatic N) is 5. The van der Waals surface area contributed by atoms with Crippen LogP contribution < -0.4 is 14.2 Å². The van der Waals surface area contributed by atoms with Crippen molar-refractivity contribution in [2.75, 3.05) is 20.3 Å². The molecule has 1 N–H and O–H groups in total. The van der Waals surface area contributed by atoms with Crippen molar-refractivity contribution in [2.45, 2.75) is 129 Å². The van der Waals surface area contributed by atoms with E-state index in [1.165, 1.54) is 0 Å². The number of halogens is 3. The van der Waals surface area contributed by atoms with E-state index in [2.05, 4.69) is 14.7 Å². The maximum atomic E-state index is 13.3. The van der Waals surface area contributed by atoms with Gasteiger partial charge in [0.2, 0.25) is 0 Å². The fraction of sp³-hybridized carbons (Fsp3) is 0.676. The van der Waals surface area contributed by atoms with E-state index < -0.39 is 50.9 Å². The van der Waals surface area contributed by atoms with Crippen molar-refractivity contribution in [2.24, 2.45) is 0 Å². The molecular formula is C34H53F3N6O4S2. The minimum absolute atomic E-state index is 0.122. The number of hydrogen-bond acceptors (Lipinski definition) is 9. The minimum atomic E-state index is -4.26. The van der Waals surface area contributed by atoms with Gasteiger partial charge in [0.1, 0.15) is 15.2 Å². The van der Waals surface area contributed by atoms with E-state index in [0.717, 1.165) is 17.8 Å². The second-order valence-electron chi connectivity index (χ2n) is 14.2. The largest absolute Gasteiger partial charge is 0.598 e. The number of fused-ring (bicyclic) bond motifs is 1. The Balaban J connectivity index is 1.77. The van der Waals surface area contributed by atoms with Crippen LogP contribution in [-0.2, 0) is 22.7 Å². The van der Waals surface area contributed by atoms with Gasteiger partial charge in [-0.05, 0) is 87.6 Å². The van der Waals surface area contributed by atoms with Crippen LogP contribution in [0.3, 0.4) is 0 Å². The second-order valence-corrected chi connectivity index (χ2v) is 18.4. The maximum absolute atomic E-state index is 13.3. The number of methoxy groups -OCH3 is 1. The van der Waals surface area contributed by atoms with E-state index in [4.69, 9.17) is 14.6 Å². The van der Waals surface area contributed by atoms with Gasteiger partial charge in [-0.3, -0.25) is 4.98 Å². The first-order chi connectivity index (χ1) is 22.7. The topological polar surface area (TPSA) is 123 Å². The number of alkyl halides is 3. The Bertz CT molecular complexity index is 1500. The van der Waals surface area contributed by atoms with Gasteiger partial charge in [-0.2, -0.15) is 18.3 Å². The highest BCUT2D eigenvalue weighted by molar-refractivity contribution is 7.91. The van der Waals surface area contributed by atoms with Crippen molar-refractivity contribution in [3.63, 3.8) is 0 Å². The van der Waals surface area contributed by atoms with Crippen LogP contribution in [0.4, 0.5) is 13.2 Å². The molecule has 3 heterocycles. The van der Waals surface area contributed by atoms with Gasteiger partial charge in [-0.25, -0.2) is 9.50 Å². The van der Waals surface area contributed by atoms with Gasteiger partial charge in [-0.15, -0.1) is 9.03 Å². The predicted molar refractivity (Wildman–Crippen MR) is 190 cm³/mol. The zero-order chi connectivity index (χ0) is 36.7. The molecule has 2 unspecified atom stereocenters.